The highest BCUT2D eigenvalue weighted by atomic mass is 16.5. The van der Waals surface area contributed by atoms with Crippen molar-refractivity contribution >= 4 is 17.7 Å². The summed E-state index contributed by atoms with van der Waals surface area (Å²) in [6, 6.07) is -1.69. The number of carbonyl (C=O) groups is 3. The van der Waals surface area contributed by atoms with Crippen LogP contribution in [0.25, 0.3) is 0 Å². The lowest BCUT2D eigenvalue weighted by Crippen LogP contribution is -2.30. The molecule has 0 aliphatic carbocycles. The Hall–Kier alpha value is -1.79. The van der Waals surface area contributed by atoms with Crippen LogP contribution in [0.1, 0.15) is 26.7 Å². The summed E-state index contributed by atoms with van der Waals surface area (Å²) in [6.07, 6.45) is -0.452. The number of nitrogens with zero attached hydrogens (tertiary/aromatic N) is 1. The Morgan fingerprint density at radius 3 is 2.12 bits per heavy atom. The third-order valence-corrected chi connectivity index (χ3v) is 1.80. The molecule has 0 aliphatic rings. The fourth-order valence-corrected chi connectivity index (χ4v) is 1.05. The molecule has 0 amide bonds. The van der Waals surface area contributed by atoms with Gasteiger partial charge in [-0.1, -0.05) is 0 Å². The quantitative estimate of drug-likeness (QED) is 0.352. The monoisotopic (exact) mass is 245 g/mol. The van der Waals surface area contributed by atoms with Crippen molar-refractivity contribution < 1.29 is 23.9 Å². The lowest BCUT2D eigenvalue weighted by Gasteiger charge is -2.06. The molecule has 0 aromatic carbocycles. The van der Waals surface area contributed by atoms with Crippen LogP contribution in [0, 0.1) is 4.91 Å². The number of ketones is 1. The van der Waals surface area contributed by atoms with E-state index in [2.05, 4.69) is 14.7 Å². The summed E-state index contributed by atoms with van der Waals surface area (Å²) in [5, 5.41) is 2.40. The summed E-state index contributed by atoms with van der Waals surface area (Å²) >= 11 is 0. The van der Waals surface area contributed by atoms with Crippen molar-refractivity contribution in [3.63, 3.8) is 0 Å². The fourth-order valence-electron chi connectivity index (χ4n) is 1.05. The second-order valence-electron chi connectivity index (χ2n) is 3.03. The first-order valence-corrected chi connectivity index (χ1v) is 5.24. The summed E-state index contributed by atoms with van der Waals surface area (Å²) in [5.74, 6) is -2.29. The van der Waals surface area contributed by atoms with Crippen LogP contribution in [-0.4, -0.2) is 37.0 Å². The number of Topliss-reactive ketones (excluding diaryl/α,β-unsaturated/α-hetero) is 1. The number of carbonyl (C=O) groups excluding carboxylic acids is 3. The average molecular weight is 245 g/mol. The van der Waals surface area contributed by atoms with Crippen LogP contribution in [0.3, 0.4) is 0 Å². The Morgan fingerprint density at radius 2 is 1.65 bits per heavy atom. The van der Waals surface area contributed by atoms with Gasteiger partial charge in [-0.3, -0.25) is 9.59 Å². The highest BCUT2D eigenvalue weighted by Crippen LogP contribution is 2.04. The van der Waals surface area contributed by atoms with Crippen LogP contribution in [0.2, 0.25) is 0 Å². The Balaban J connectivity index is 4.22. The molecule has 0 saturated carbocycles. The van der Waals surface area contributed by atoms with Crippen molar-refractivity contribution in [3.8, 4) is 0 Å². The third-order valence-electron chi connectivity index (χ3n) is 1.80. The molecule has 96 valence electrons. The molecule has 17 heavy (non-hydrogen) atoms. The number of hydrogen-bond donors (Lipinski definition) is 0. The molecule has 0 fully saturated rings. The van der Waals surface area contributed by atoms with E-state index < -0.39 is 23.8 Å². The van der Waals surface area contributed by atoms with Gasteiger partial charge < -0.3 is 9.47 Å². The molecule has 1 unspecified atom stereocenters. The second kappa shape index (κ2) is 8.37. The van der Waals surface area contributed by atoms with E-state index in [1.54, 1.807) is 13.8 Å². The zero-order valence-electron chi connectivity index (χ0n) is 9.80. The minimum Gasteiger partial charge on any atom is -0.466 e. The lowest BCUT2D eigenvalue weighted by atomic mass is 10.1. The Kier molecular flexibility index (Phi) is 7.49. The molecule has 0 rings (SSSR count). The van der Waals surface area contributed by atoms with E-state index in [1.807, 2.05) is 0 Å². The van der Waals surface area contributed by atoms with Gasteiger partial charge in [0.05, 0.1) is 19.6 Å². The van der Waals surface area contributed by atoms with E-state index in [0.717, 1.165) is 0 Å². The number of esters is 2. The molecule has 0 N–H and O–H groups in total. The van der Waals surface area contributed by atoms with Crippen LogP contribution in [0.4, 0.5) is 0 Å². The van der Waals surface area contributed by atoms with E-state index in [9.17, 15) is 19.3 Å². The Morgan fingerprint density at radius 1 is 1.06 bits per heavy atom. The van der Waals surface area contributed by atoms with Crippen molar-refractivity contribution in [1.29, 1.82) is 0 Å². The molecule has 0 radical (unpaired) electrons. The van der Waals surface area contributed by atoms with E-state index in [4.69, 9.17) is 0 Å². The van der Waals surface area contributed by atoms with Gasteiger partial charge in [-0.2, -0.15) is 0 Å². The largest absolute Gasteiger partial charge is 0.466 e. The molecule has 0 saturated heterocycles. The zero-order chi connectivity index (χ0) is 13.3. The van der Waals surface area contributed by atoms with Crippen molar-refractivity contribution in [1.82, 2.24) is 0 Å². The van der Waals surface area contributed by atoms with E-state index in [-0.39, 0.29) is 26.1 Å². The van der Waals surface area contributed by atoms with Crippen molar-refractivity contribution in [2.75, 3.05) is 13.2 Å². The second-order valence-corrected chi connectivity index (χ2v) is 3.03. The molecule has 0 aromatic heterocycles. The smallest absolute Gasteiger partial charge is 0.342 e. The first-order valence-electron chi connectivity index (χ1n) is 5.24. The molecule has 0 aromatic rings. The van der Waals surface area contributed by atoms with Gasteiger partial charge in [-0.25, -0.2) is 4.79 Å². The minimum atomic E-state index is -1.69. The van der Waals surface area contributed by atoms with Gasteiger partial charge in [-0.15, -0.1) is 4.91 Å². The predicted octanol–water partition coefficient (Wildman–Crippen LogP) is 0.597. The van der Waals surface area contributed by atoms with Crippen LogP contribution >= 0.6 is 0 Å². The summed E-state index contributed by atoms with van der Waals surface area (Å²) in [5.41, 5.74) is 0. The van der Waals surface area contributed by atoms with Gasteiger partial charge in [0.25, 0.3) is 0 Å². The molecule has 1 atom stereocenters. The van der Waals surface area contributed by atoms with Gasteiger partial charge in [0.1, 0.15) is 0 Å². The predicted molar refractivity (Wildman–Crippen MR) is 57.1 cm³/mol. The SMILES string of the molecule is CCOC(=O)CCC(=O)C(N=O)C(=O)OCC. The molecular weight excluding hydrogens is 230 g/mol. The average Bonchev–Trinajstić information content (AvgIpc) is 2.28. The van der Waals surface area contributed by atoms with Crippen LogP contribution in [0.15, 0.2) is 5.18 Å². The Bertz CT molecular complexity index is 301. The summed E-state index contributed by atoms with van der Waals surface area (Å²) in [6.45, 7) is 3.44. The summed E-state index contributed by atoms with van der Waals surface area (Å²) < 4.78 is 9.10. The van der Waals surface area contributed by atoms with Gasteiger partial charge in [0, 0.05) is 6.42 Å². The van der Waals surface area contributed by atoms with Crippen molar-refractivity contribution in [3.05, 3.63) is 4.91 Å². The van der Waals surface area contributed by atoms with Gasteiger partial charge >= 0.3 is 11.9 Å². The number of nitroso groups, excluding NO2 is 1. The Labute approximate surface area is 98.4 Å². The van der Waals surface area contributed by atoms with Crippen LogP contribution in [0.5, 0.6) is 0 Å². The first-order chi connectivity index (χ1) is 8.06. The van der Waals surface area contributed by atoms with Gasteiger partial charge in [-0.05, 0) is 19.0 Å². The highest BCUT2D eigenvalue weighted by Gasteiger charge is 2.29. The number of hydrogen-bond acceptors (Lipinski definition) is 7. The maximum absolute atomic E-state index is 11.4. The van der Waals surface area contributed by atoms with E-state index >= 15 is 0 Å². The summed E-state index contributed by atoms with van der Waals surface area (Å²) in [4.78, 5) is 43.8. The number of ether oxygens (including phenoxy) is 2. The maximum atomic E-state index is 11.4. The fraction of sp³-hybridized carbons (Fsp3) is 0.700. The van der Waals surface area contributed by atoms with Crippen molar-refractivity contribution in [2.45, 2.75) is 32.7 Å². The standard InChI is InChI=1S/C10H15NO6/c1-3-16-8(13)6-5-7(12)9(11-15)10(14)17-4-2/h9H,3-6H2,1-2H3. The lowest BCUT2D eigenvalue weighted by molar-refractivity contribution is -0.149. The minimum absolute atomic E-state index is 0.0516. The van der Waals surface area contributed by atoms with Crippen molar-refractivity contribution in [2.24, 2.45) is 5.18 Å². The van der Waals surface area contributed by atoms with E-state index in [0.29, 0.717) is 0 Å². The zero-order valence-corrected chi connectivity index (χ0v) is 9.80. The maximum Gasteiger partial charge on any atom is 0.342 e. The molecule has 0 heterocycles. The number of rotatable bonds is 8. The molecule has 0 spiro atoms. The van der Waals surface area contributed by atoms with E-state index in [1.165, 1.54) is 0 Å². The van der Waals surface area contributed by atoms with Gasteiger partial charge in [0.2, 0.25) is 6.04 Å². The summed E-state index contributed by atoms with van der Waals surface area (Å²) in [7, 11) is 0. The third kappa shape index (κ3) is 5.74. The van der Waals surface area contributed by atoms with Crippen LogP contribution in [-0.2, 0) is 23.9 Å². The molecule has 7 heteroatoms. The first kappa shape index (κ1) is 15.2. The molecule has 7 nitrogen and oxygen atoms in total. The molecular formula is C10H15NO6. The van der Waals surface area contributed by atoms with Crippen LogP contribution < -0.4 is 0 Å². The van der Waals surface area contributed by atoms with Gasteiger partial charge in [0.15, 0.2) is 5.78 Å². The molecule has 0 bridgehead atoms. The molecule has 0 aliphatic heterocycles. The topological polar surface area (TPSA) is 99.1 Å². The highest BCUT2D eigenvalue weighted by molar-refractivity contribution is 6.04. The normalized spacial score (nSPS) is 11.4.